The number of hydrogen-bond donors (Lipinski definition) is 2. The Balaban J connectivity index is 1.29. The lowest BCUT2D eigenvalue weighted by molar-refractivity contribution is -0.146. The number of amides is 2. The summed E-state index contributed by atoms with van der Waals surface area (Å²) in [6.45, 7) is 3.60. The van der Waals surface area contributed by atoms with Gasteiger partial charge in [0, 0.05) is 31.1 Å². The van der Waals surface area contributed by atoms with Crippen LogP contribution in [0, 0.1) is 35.1 Å². The van der Waals surface area contributed by atoms with Crippen molar-refractivity contribution in [2.24, 2.45) is 11.8 Å². The van der Waals surface area contributed by atoms with E-state index in [1.807, 2.05) is 25.1 Å². The Hall–Kier alpha value is -5.78. The van der Waals surface area contributed by atoms with Gasteiger partial charge in [0.1, 0.15) is 48.6 Å². The summed E-state index contributed by atoms with van der Waals surface area (Å²) in [6, 6.07) is 12.5. The number of allylic oxidation sites excluding steroid dienone is 3. The van der Waals surface area contributed by atoms with Gasteiger partial charge in [-0.2, -0.15) is 0 Å². The Kier molecular flexibility index (Phi) is 16.8. The van der Waals surface area contributed by atoms with Crippen LogP contribution in [0.25, 0.3) is 6.08 Å². The van der Waals surface area contributed by atoms with E-state index in [1.165, 1.54) is 12.2 Å². The maximum absolute atomic E-state index is 13.9. The highest BCUT2D eigenvalue weighted by atomic mass is 19.1. The lowest BCUT2D eigenvalue weighted by Crippen LogP contribution is -2.42. The van der Waals surface area contributed by atoms with Crippen molar-refractivity contribution in [2.45, 2.75) is 64.5 Å². The smallest absolute Gasteiger partial charge is 0.329 e. The highest BCUT2D eigenvalue weighted by Crippen LogP contribution is 2.33. The summed E-state index contributed by atoms with van der Waals surface area (Å²) in [4.78, 5) is 51.5. The largest absolute Gasteiger partial charge is 0.460 e. The third-order valence-electron chi connectivity index (χ3n) is 9.28. The van der Waals surface area contributed by atoms with E-state index in [9.17, 15) is 36.7 Å². The molecule has 0 heterocycles. The topological polar surface area (TPSA) is 111 Å². The molecule has 3 aromatic rings. The number of carbonyl (C=O) groups is 4. The molecule has 2 N–H and O–H groups in total. The van der Waals surface area contributed by atoms with E-state index in [-0.39, 0.29) is 49.0 Å². The predicted octanol–water partition coefficient (Wildman–Crippen LogP) is 7.68. The van der Waals surface area contributed by atoms with Gasteiger partial charge in [0.2, 0.25) is 11.8 Å². The molecule has 0 aliphatic heterocycles. The first-order valence-corrected chi connectivity index (χ1v) is 18.4. The molecule has 0 bridgehead atoms. The summed E-state index contributed by atoms with van der Waals surface area (Å²) in [5.41, 5.74) is 2.14. The average molecular weight is 775 g/mol. The summed E-state index contributed by atoms with van der Waals surface area (Å²) >= 11 is 0. The first-order valence-electron chi connectivity index (χ1n) is 18.4. The third kappa shape index (κ3) is 14.8. The molecule has 1 aliphatic carbocycles. The number of carbonyl (C=O) groups excluding carboxylic acids is 4. The molecule has 1 aliphatic rings. The number of halogens is 4. The van der Waals surface area contributed by atoms with Gasteiger partial charge < -0.3 is 20.1 Å². The van der Waals surface area contributed by atoms with Crippen LogP contribution in [0.4, 0.5) is 17.6 Å². The summed E-state index contributed by atoms with van der Waals surface area (Å²) in [7, 11) is 0. The zero-order valence-corrected chi connectivity index (χ0v) is 31.3. The molecule has 0 saturated heterocycles. The monoisotopic (exact) mass is 774 g/mol. The van der Waals surface area contributed by atoms with E-state index >= 15 is 0 Å². The van der Waals surface area contributed by atoms with Crippen molar-refractivity contribution in [3.8, 4) is 0 Å². The molecule has 0 spiro atoms. The first-order chi connectivity index (χ1) is 26.9. The number of hydrogen-bond acceptors (Lipinski definition) is 6. The van der Waals surface area contributed by atoms with Crippen molar-refractivity contribution >= 4 is 29.8 Å². The molecule has 2 unspecified atom stereocenters. The second-order valence-corrected chi connectivity index (χ2v) is 13.6. The molecule has 1 fully saturated rings. The fourth-order valence-electron chi connectivity index (χ4n) is 6.33. The molecule has 1 saturated carbocycles. The Morgan fingerprint density at radius 1 is 0.714 bits per heavy atom. The molecular weight excluding hydrogens is 728 g/mol. The Bertz CT molecular complexity index is 1900. The van der Waals surface area contributed by atoms with Gasteiger partial charge in [0.15, 0.2) is 0 Å². The predicted molar refractivity (Wildman–Crippen MR) is 205 cm³/mol. The van der Waals surface area contributed by atoms with Crippen LogP contribution in [0.5, 0.6) is 0 Å². The van der Waals surface area contributed by atoms with Gasteiger partial charge in [-0.1, -0.05) is 54.1 Å². The van der Waals surface area contributed by atoms with Crippen molar-refractivity contribution in [3.05, 3.63) is 149 Å². The second kappa shape index (κ2) is 21.9. The lowest BCUT2D eigenvalue weighted by Gasteiger charge is -2.27. The van der Waals surface area contributed by atoms with Gasteiger partial charge in [-0.05, 0) is 111 Å². The van der Waals surface area contributed by atoms with E-state index in [4.69, 9.17) is 9.47 Å². The molecule has 296 valence electrons. The van der Waals surface area contributed by atoms with Crippen LogP contribution >= 0.6 is 0 Å². The van der Waals surface area contributed by atoms with Crippen LogP contribution in [0.1, 0.15) is 56.2 Å². The number of benzene rings is 3. The SMILES string of the molecule is C/C=C\COC(=O)C(Cc1cc(F)cc(F)c1)NC(=O)/C=C/C1CCC(/C(C)=C/COC(=O)C(Cc2cc(F)cc(F)c2)NC(=O)/C=C/c2ccccc2)CC1. The van der Waals surface area contributed by atoms with Gasteiger partial charge in [-0.3, -0.25) is 9.59 Å². The molecule has 0 radical (unpaired) electrons. The molecular formula is C44H46F4N2O6. The molecule has 56 heavy (non-hydrogen) atoms. The fraction of sp³-hybridized carbons (Fsp3) is 0.318. The quantitative estimate of drug-likeness (QED) is 0.0631. The molecule has 2 atom stereocenters. The van der Waals surface area contributed by atoms with Gasteiger partial charge in [-0.25, -0.2) is 27.2 Å². The van der Waals surface area contributed by atoms with Crippen LogP contribution in [0.2, 0.25) is 0 Å². The summed E-state index contributed by atoms with van der Waals surface area (Å²) in [6.07, 6.45) is 13.9. The lowest BCUT2D eigenvalue weighted by atomic mass is 9.78. The van der Waals surface area contributed by atoms with Crippen LogP contribution in [-0.4, -0.2) is 49.1 Å². The number of esters is 2. The van der Waals surface area contributed by atoms with Gasteiger partial charge in [0.05, 0.1) is 0 Å². The first kappa shape index (κ1) is 43.0. The molecule has 3 aromatic carbocycles. The zero-order valence-electron chi connectivity index (χ0n) is 31.3. The van der Waals surface area contributed by atoms with E-state index in [1.54, 1.807) is 49.4 Å². The van der Waals surface area contributed by atoms with Crippen molar-refractivity contribution in [2.75, 3.05) is 13.2 Å². The molecule has 0 aromatic heterocycles. The van der Waals surface area contributed by atoms with Gasteiger partial charge in [-0.15, -0.1) is 0 Å². The van der Waals surface area contributed by atoms with E-state index in [0.717, 1.165) is 73.2 Å². The van der Waals surface area contributed by atoms with Gasteiger partial charge in [0.25, 0.3) is 0 Å². The normalized spacial score (nSPS) is 17.1. The Morgan fingerprint density at radius 3 is 1.73 bits per heavy atom. The minimum Gasteiger partial charge on any atom is -0.460 e. The number of nitrogens with one attached hydrogen (secondary N) is 2. The van der Waals surface area contributed by atoms with E-state index < -0.39 is 59.1 Å². The van der Waals surface area contributed by atoms with Crippen molar-refractivity contribution < 1.29 is 46.2 Å². The highest BCUT2D eigenvalue weighted by molar-refractivity contribution is 5.94. The Labute approximate surface area is 324 Å². The standard InChI is InChI=1S/C44H46F4N2O6/c1-3-4-19-55-43(53)39(25-32-21-35(45)27-36(46)22-32)49-42(52)17-13-31-10-14-34(15-11-31)29(2)18-20-56-44(54)40(26-33-23-37(47)28-38(48)24-33)50-41(51)16-12-30-8-6-5-7-9-30/h3-9,12-13,16-18,21-24,27-28,31,34,39-40H,10-11,14-15,19-20,25-26H2,1-2H3,(H,49,52)(H,50,51)/b4-3-,16-12+,17-13+,29-18+. The summed E-state index contributed by atoms with van der Waals surface area (Å²) in [5.74, 6) is -5.54. The molecule has 8 nitrogen and oxygen atoms in total. The van der Waals surface area contributed by atoms with Crippen molar-refractivity contribution in [1.29, 1.82) is 0 Å². The minimum atomic E-state index is -1.21. The summed E-state index contributed by atoms with van der Waals surface area (Å²) < 4.78 is 66.1. The zero-order chi connectivity index (χ0) is 40.5. The maximum atomic E-state index is 13.9. The average Bonchev–Trinajstić information content (AvgIpc) is 3.15. The van der Waals surface area contributed by atoms with Crippen LogP contribution in [0.3, 0.4) is 0 Å². The van der Waals surface area contributed by atoms with Crippen molar-refractivity contribution in [1.82, 2.24) is 10.6 Å². The molecule has 12 heteroatoms. The number of rotatable bonds is 17. The maximum Gasteiger partial charge on any atom is 0.329 e. The van der Waals surface area contributed by atoms with Crippen LogP contribution in [-0.2, 0) is 41.5 Å². The fourth-order valence-corrected chi connectivity index (χ4v) is 6.33. The van der Waals surface area contributed by atoms with Crippen molar-refractivity contribution in [3.63, 3.8) is 0 Å². The number of ether oxygens (including phenoxy) is 2. The van der Waals surface area contributed by atoms with E-state index in [0.29, 0.717) is 0 Å². The molecule has 2 amide bonds. The molecule has 4 rings (SSSR count). The summed E-state index contributed by atoms with van der Waals surface area (Å²) in [5, 5.41) is 5.19. The van der Waals surface area contributed by atoms with Crippen LogP contribution in [0.15, 0.2) is 109 Å². The van der Waals surface area contributed by atoms with E-state index in [2.05, 4.69) is 10.6 Å². The third-order valence-corrected chi connectivity index (χ3v) is 9.28. The Morgan fingerprint density at radius 2 is 1.21 bits per heavy atom. The minimum absolute atomic E-state index is 0.0143. The van der Waals surface area contributed by atoms with Crippen LogP contribution < -0.4 is 10.6 Å². The second-order valence-electron chi connectivity index (χ2n) is 13.6. The highest BCUT2D eigenvalue weighted by Gasteiger charge is 2.25. The van der Waals surface area contributed by atoms with Gasteiger partial charge >= 0.3 is 11.9 Å².